The van der Waals surface area contributed by atoms with Gasteiger partial charge < -0.3 is 14.0 Å². The van der Waals surface area contributed by atoms with Crippen LogP contribution in [0.5, 0.6) is 5.75 Å². The highest BCUT2D eigenvalue weighted by molar-refractivity contribution is 5.99. The second-order valence-electron chi connectivity index (χ2n) is 9.55. The van der Waals surface area contributed by atoms with Crippen molar-refractivity contribution in [3.63, 3.8) is 0 Å². The Bertz CT molecular complexity index is 969. The molecule has 2 saturated heterocycles. The third kappa shape index (κ3) is 4.63. The molecular formula is C26H35N3O3. The number of hydrogen-bond acceptors (Lipinski definition) is 5. The van der Waals surface area contributed by atoms with Gasteiger partial charge in [-0.3, -0.25) is 14.6 Å². The molecule has 0 unspecified atom stereocenters. The van der Waals surface area contributed by atoms with Gasteiger partial charge >= 0.3 is 0 Å². The number of Topliss-reactive ketones (excluding diaryl/α,β-unsaturated/α-hetero) is 1. The van der Waals surface area contributed by atoms with Crippen molar-refractivity contribution in [3.8, 4) is 5.75 Å². The number of carbonyl (C=O) groups excluding carboxylic acids is 1. The molecule has 0 spiro atoms. The van der Waals surface area contributed by atoms with Crippen LogP contribution in [0, 0.1) is 13.8 Å². The molecule has 0 aliphatic carbocycles. The summed E-state index contributed by atoms with van der Waals surface area (Å²) in [5.74, 6) is 1.29. The summed E-state index contributed by atoms with van der Waals surface area (Å²) in [6.45, 7) is 12.1. The fourth-order valence-electron chi connectivity index (χ4n) is 5.35. The van der Waals surface area contributed by atoms with Gasteiger partial charge in [-0.1, -0.05) is 12.1 Å². The van der Waals surface area contributed by atoms with Gasteiger partial charge in [-0.05, 0) is 49.9 Å². The van der Waals surface area contributed by atoms with E-state index in [9.17, 15) is 4.79 Å². The van der Waals surface area contributed by atoms with Crippen LogP contribution in [0.2, 0.25) is 0 Å². The minimum atomic E-state index is 0.240. The van der Waals surface area contributed by atoms with E-state index in [1.54, 1.807) is 0 Å². The van der Waals surface area contributed by atoms with E-state index in [1.807, 2.05) is 0 Å². The van der Waals surface area contributed by atoms with E-state index in [0.717, 1.165) is 94.4 Å². The summed E-state index contributed by atoms with van der Waals surface area (Å²) in [7, 11) is 0. The third-order valence-corrected chi connectivity index (χ3v) is 7.28. The van der Waals surface area contributed by atoms with E-state index in [0.29, 0.717) is 6.54 Å². The molecule has 6 heteroatoms. The van der Waals surface area contributed by atoms with Crippen LogP contribution in [-0.2, 0) is 24.2 Å². The molecule has 1 aromatic carbocycles. The number of fused-ring (bicyclic) bond motifs is 1. The molecule has 2 fully saturated rings. The molecular weight excluding hydrogens is 402 g/mol. The zero-order valence-electron chi connectivity index (χ0n) is 19.4. The van der Waals surface area contributed by atoms with Gasteiger partial charge in [0.2, 0.25) is 0 Å². The summed E-state index contributed by atoms with van der Waals surface area (Å²) in [5.41, 5.74) is 5.82. The van der Waals surface area contributed by atoms with Crippen LogP contribution >= 0.6 is 0 Å². The molecule has 0 N–H and O–H groups in total. The lowest BCUT2D eigenvalue weighted by molar-refractivity contribution is 0.0841. The fourth-order valence-corrected chi connectivity index (χ4v) is 5.35. The quantitative estimate of drug-likeness (QED) is 0.623. The molecule has 0 saturated carbocycles. The lowest BCUT2D eigenvalue weighted by atomic mass is 10.1. The maximum absolute atomic E-state index is 13.1. The highest BCUT2D eigenvalue weighted by Gasteiger charge is 2.24. The lowest BCUT2D eigenvalue weighted by Gasteiger charge is -2.34. The van der Waals surface area contributed by atoms with Crippen LogP contribution in [0.15, 0.2) is 24.3 Å². The molecule has 3 aliphatic heterocycles. The van der Waals surface area contributed by atoms with E-state index in [1.165, 1.54) is 11.1 Å². The first kappa shape index (κ1) is 21.7. The largest absolute Gasteiger partial charge is 0.493 e. The summed E-state index contributed by atoms with van der Waals surface area (Å²) in [6.07, 6.45) is 3.56. The van der Waals surface area contributed by atoms with Gasteiger partial charge in [0.05, 0.1) is 19.3 Å². The Morgan fingerprint density at radius 3 is 2.66 bits per heavy atom. The Morgan fingerprint density at radius 2 is 1.88 bits per heavy atom. The fraction of sp³-hybridized carbons (Fsp3) is 0.577. The van der Waals surface area contributed by atoms with Crippen molar-refractivity contribution in [1.82, 2.24) is 14.4 Å². The molecule has 32 heavy (non-hydrogen) atoms. The summed E-state index contributed by atoms with van der Waals surface area (Å²) in [6, 6.07) is 8.67. The number of carbonyl (C=O) groups is 1. The number of aromatic nitrogens is 1. The Kier molecular flexibility index (Phi) is 6.35. The van der Waals surface area contributed by atoms with Gasteiger partial charge in [0.25, 0.3) is 0 Å². The number of nitrogens with zero attached hydrogens (tertiary/aromatic N) is 3. The van der Waals surface area contributed by atoms with Crippen LogP contribution < -0.4 is 4.74 Å². The Hall–Kier alpha value is -2.15. The maximum Gasteiger partial charge on any atom is 0.178 e. The Labute approximate surface area is 191 Å². The second-order valence-corrected chi connectivity index (χ2v) is 9.55. The van der Waals surface area contributed by atoms with Gasteiger partial charge in [-0.2, -0.15) is 0 Å². The number of ether oxygens (including phenoxy) is 2. The van der Waals surface area contributed by atoms with E-state index in [2.05, 4.69) is 52.5 Å². The predicted octanol–water partition coefficient (Wildman–Crippen LogP) is 3.22. The molecule has 5 rings (SSSR count). The molecule has 1 atom stereocenters. The lowest BCUT2D eigenvalue weighted by Crippen LogP contribution is -2.47. The van der Waals surface area contributed by atoms with E-state index in [-0.39, 0.29) is 11.9 Å². The SMILES string of the molecule is Cc1cc(C(=O)CN2CCN(Cc3ccc4c(c3)CCO4)CC2)c(C)n1C[C@H]1CCCO1. The highest BCUT2D eigenvalue weighted by atomic mass is 16.5. The van der Waals surface area contributed by atoms with E-state index >= 15 is 0 Å². The standard InChI is InChI=1S/C26H35N3O3/c1-19-14-24(20(2)29(19)17-23-4-3-12-31-23)25(30)18-28-10-8-27(9-11-28)16-21-5-6-26-22(15-21)7-13-32-26/h5-6,14-15,23H,3-4,7-13,16-18H2,1-2H3/t23-/m1/s1. The normalized spacial score (nSPS) is 21.6. The number of aryl methyl sites for hydroxylation is 1. The van der Waals surface area contributed by atoms with Crippen LogP contribution in [0.3, 0.4) is 0 Å². The summed E-state index contributed by atoms with van der Waals surface area (Å²) < 4.78 is 13.7. The summed E-state index contributed by atoms with van der Waals surface area (Å²) in [5, 5.41) is 0. The zero-order chi connectivity index (χ0) is 22.1. The molecule has 0 radical (unpaired) electrons. The third-order valence-electron chi connectivity index (χ3n) is 7.28. The maximum atomic E-state index is 13.1. The minimum Gasteiger partial charge on any atom is -0.493 e. The predicted molar refractivity (Wildman–Crippen MR) is 125 cm³/mol. The molecule has 172 valence electrons. The molecule has 3 aliphatic rings. The van der Waals surface area contributed by atoms with Gasteiger partial charge in [-0.15, -0.1) is 0 Å². The molecule has 4 heterocycles. The second kappa shape index (κ2) is 9.38. The highest BCUT2D eigenvalue weighted by Crippen LogP contribution is 2.26. The Morgan fingerprint density at radius 1 is 1.06 bits per heavy atom. The molecule has 2 aromatic rings. The van der Waals surface area contributed by atoms with Gasteiger partial charge in [0.1, 0.15) is 5.75 Å². The average molecular weight is 438 g/mol. The first-order chi connectivity index (χ1) is 15.6. The average Bonchev–Trinajstić information content (AvgIpc) is 3.53. The number of rotatable bonds is 7. The summed E-state index contributed by atoms with van der Waals surface area (Å²) in [4.78, 5) is 17.9. The smallest absolute Gasteiger partial charge is 0.178 e. The van der Waals surface area contributed by atoms with Crippen LogP contribution in [-0.4, -0.2) is 72.2 Å². The van der Waals surface area contributed by atoms with Crippen molar-refractivity contribution in [3.05, 3.63) is 52.3 Å². The van der Waals surface area contributed by atoms with Crippen LogP contribution in [0.1, 0.15) is 45.7 Å². The number of benzene rings is 1. The Balaban J connectivity index is 1.14. The van der Waals surface area contributed by atoms with E-state index < -0.39 is 0 Å². The van der Waals surface area contributed by atoms with Gasteiger partial charge in [-0.25, -0.2) is 0 Å². The number of hydrogen-bond donors (Lipinski definition) is 0. The van der Waals surface area contributed by atoms with Crippen LogP contribution in [0.4, 0.5) is 0 Å². The zero-order valence-corrected chi connectivity index (χ0v) is 19.4. The van der Waals surface area contributed by atoms with Gasteiger partial charge in [0, 0.05) is 69.2 Å². The van der Waals surface area contributed by atoms with Crippen molar-refractivity contribution in [1.29, 1.82) is 0 Å². The minimum absolute atomic E-state index is 0.240. The number of ketones is 1. The molecule has 1 aromatic heterocycles. The van der Waals surface area contributed by atoms with Gasteiger partial charge in [0.15, 0.2) is 5.78 Å². The van der Waals surface area contributed by atoms with Crippen molar-refractivity contribution in [2.75, 3.05) is 45.9 Å². The molecule has 0 bridgehead atoms. The topological polar surface area (TPSA) is 46.9 Å². The first-order valence-corrected chi connectivity index (χ1v) is 12.1. The first-order valence-electron chi connectivity index (χ1n) is 12.1. The molecule has 0 amide bonds. The van der Waals surface area contributed by atoms with Crippen molar-refractivity contribution < 1.29 is 14.3 Å². The molecule has 6 nitrogen and oxygen atoms in total. The van der Waals surface area contributed by atoms with Crippen LogP contribution in [0.25, 0.3) is 0 Å². The monoisotopic (exact) mass is 437 g/mol. The number of piperazine rings is 1. The summed E-state index contributed by atoms with van der Waals surface area (Å²) >= 11 is 0. The van der Waals surface area contributed by atoms with Crippen molar-refractivity contribution >= 4 is 5.78 Å². The van der Waals surface area contributed by atoms with Crippen molar-refractivity contribution in [2.45, 2.75) is 52.3 Å². The van der Waals surface area contributed by atoms with Crippen molar-refractivity contribution in [2.24, 2.45) is 0 Å². The van der Waals surface area contributed by atoms with E-state index in [4.69, 9.17) is 9.47 Å².